The number of hydrogen-bond donors (Lipinski definition) is 1. The summed E-state index contributed by atoms with van der Waals surface area (Å²) in [5.74, 6) is 2.76. The minimum atomic E-state index is -0.0791. The van der Waals surface area contributed by atoms with Crippen LogP contribution < -0.4 is 10.1 Å². The average Bonchev–Trinajstić information content (AvgIpc) is 3.28. The van der Waals surface area contributed by atoms with Gasteiger partial charge in [0, 0.05) is 13.2 Å². The SMILES string of the molecule is CC(C)c1ccccc1Oc1ccc(C2CCNC2)c(COC2CCCCO2)c1. The molecule has 0 spiro atoms. The van der Waals surface area contributed by atoms with E-state index in [4.69, 9.17) is 14.2 Å². The van der Waals surface area contributed by atoms with Gasteiger partial charge >= 0.3 is 0 Å². The first kappa shape index (κ1) is 20.4. The van der Waals surface area contributed by atoms with Gasteiger partial charge in [-0.1, -0.05) is 38.1 Å². The second-order valence-corrected chi connectivity index (χ2v) is 8.45. The summed E-state index contributed by atoms with van der Waals surface area (Å²) < 4.78 is 18.2. The lowest BCUT2D eigenvalue weighted by molar-refractivity contribution is -0.169. The molecular formula is C25H33NO3. The Morgan fingerprint density at radius 2 is 2.00 bits per heavy atom. The first-order valence-electron chi connectivity index (χ1n) is 11.0. The molecule has 0 saturated carbocycles. The molecule has 156 valence electrons. The van der Waals surface area contributed by atoms with Crippen LogP contribution in [0.4, 0.5) is 0 Å². The van der Waals surface area contributed by atoms with E-state index >= 15 is 0 Å². The Morgan fingerprint density at radius 1 is 1.10 bits per heavy atom. The smallest absolute Gasteiger partial charge is 0.158 e. The highest BCUT2D eigenvalue weighted by molar-refractivity contribution is 5.43. The molecule has 0 aliphatic carbocycles. The van der Waals surface area contributed by atoms with Gasteiger partial charge in [-0.15, -0.1) is 0 Å². The van der Waals surface area contributed by atoms with E-state index in [0.717, 1.165) is 44.0 Å². The Kier molecular flexibility index (Phi) is 6.86. The number of para-hydroxylation sites is 1. The number of rotatable bonds is 7. The van der Waals surface area contributed by atoms with Crippen LogP contribution in [0, 0.1) is 0 Å². The molecule has 2 fully saturated rings. The number of nitrogens with one attached hydrogen (secondary N) is 1. The topological polar surface area (TPSA) is 39.7 Å². The molecule has 0 amide bonds. The van der Waals surface area contributed by atoms with Crippen LogP contribution in [0.2, 0.25) is 0 Å². The molecule has 2 aromatic carbocycles. The molecule has 29 heavy (non-hydrogen) atoms. The maximum Gasteiger partial charge on any atom is 0.158 e. The molecule has 4 nitrogen and oxygen atoms in total. The predicted octanol–water partition coefficient (Wildman–Crippen LogP) is 5.72. The van der Waals surface area contributed by atoms with Gasteiger partial charge in [-0.3, -0.25) is 0 Å². The van der Waals surface area contributed by atoms with Crippen LogP contribution in [0.1, 0.15) is 68.1 Å². The number of benzene rings is 2. The Labute approximate surface area is 174 Å². The summed E-state index contributed by atoms with van der Waals surface area (Å²) in [5, 5.41) is 3.48. The fourth-order valence-corrected chi connectivity index (χ4v) is 4.29. The van der Waals surface area contributed by atoms with E-state index in [1.807, 2.05) is 6.07 Å². The van der Waals surface area contributed by atoms with Gasteiger partial charge in [-0.05, 0) is 79.0 Å². The molecule has 0 radical (unpaired) electrons. The van der Waals surface area contributed by atoms with Crippen molar-refractivity contribution in [3.05, 3.63) is 59.2 Å². The average molecular weight is 396 g/mol. The first-order valence-corrected chi connectivity index (χ1v) is 11.0. The minimum absolute atomic E-state index is 0.0791. The zero-order valence-electron chi connectivity index (χ0n) is 17.7. The third-order valence-electron chi connectivity index (χ3n) is 5.95. The fraction of sp³-hybridized carbons (Fsp3) is 0.520. The standard InChI is InChI=1S/C25H33NO3/c1-18(2)22-7-3-4-8-24(22)29-21-10-11-23(19-12-13-26-16-19)20(15-21)17-28-25-9-5-6-14-27-25/h3-4,7-8,10-11,15,18-19,25-26H,5-6,9,12-14,16-17H2,1-2H3. The highest BCUT2D eigenvalue weighted by atomic mass is 16.7. The second kappa shape index (κ2) is 9.75. The summed E-state index contributed by atoms with van der Waals surface area (Å²) in [5.41, 5.74) is 3.81. The molecule has 0 aromatic heterocycles. The summed E-state index contributed by atoms with van der Waals surface area (Å²) in [4.78, 5) is 0. The predicted molar refractivity (Wildman–Crippen MR) is 116 cm³/mol. The highest BCUT2D eigenvalue weighted by Crippen LogP contribution is 2.34. The summed E-state index contributed by atoms with van der Waals surface area (Å²) in [6, 6.07) is 14.8. The van der Waals surface area contributed by atoms with E-state index in [-0.39, 0.29) is 6.29 Å². The van der Waals surface area contributed by atoms with Crippen molar-refractivity contribution in [3.63, 3.8) is 0 Å². The van der Waals surface area contributed by atoms with Gasteiger partial charge in [0.25, 0.3) is 0 Å². The molecule has 1 N–H and O–H groups in total. The largest absolute Gasteiger partial charge is 0.457 e. The van der Waals surface area contributed by atoms with Crippen molar-refractivity contribution in [2.24, 2.45) is 0 Å². The van der Waals surface area contributed by atoms with Crippen molar-refractivity contribution < 1.29 is 14.2 Å². The van der Waals surface area contributed by atoms with E-state index in [2.05, 4.69) is 55.6 Å². The third-order valence-corrected chi connectivity index (χ3v) is 5.95. The molecule has 2 saturated heterocycles. The third kappa shape index (κ3) is 5.19. The van der Waals surface area contributed by atoms with Crippen molar-refractivity contribution in [1.82, 2.24) is 5.32 Å². The number of hydrogen-bond acceptors (Lipinski definition) is 4. The molecule has 2 aliphatic heterocycles. The Balaban J connectivity index is 1.55. The lowest BCUT2D eigenvalue weighted by atomic mass is 9.93. The summed E-state index contributed by atoms with van der Waals surface area (Å²) in [6.45, 7) is 7.88. The molecule has 2 unspecified atom stereocenters. The molecule has 2 aromatic rings. The van der Waals surface area contributed by atoms with Gasteiger partial charge in [0.1, 0.15) is 11.5 Å². The van der Waals surface area contributed by atoms with E-state index in [1.165, 1.54) is 29.5 Å². The van der Waals surface area contributed by atoms with Gasteiger partial charge in [0.05, 0.1) is 6.61 Å². The molecule has 2 atom stereocenters. The quantitative estimate of drug-likeness (QED) is 0.651. The van der Waals surface area contributed by atoms with E-state index in [9.17, 15) is 0 Å². The number of ether oxygens (including phenoxy) is 3. The van der Waals surface area contributed by atoms with E-state index < -0.39 is 0 Å². The molecule has 4 heteroatoms. The van der Waals surface area contributed by atoms with Crippen LogP contribution in [0.5, 0.6) is 11.5 Å². The van der Waals surface area contributed by atoms with Crippen LogP contribution in [-0.4, -0.2) is 26.0 Å². The Morgan fingerprint density at radius 3 is 2.76 bits per heavy atom. The van der Waals surface area contributed by atoms with Crippen molar-refractivity contribution in [1.29, 1.82) is 0 Å². The van der Waals surface area contributed by atoms with Crippen LogP contribution in [0.3, 0.4) is 0 Å². The molecule has 0 bridgehead atoms. The maximum atomic E-state index is 6.32. The van der Waals surface area contributed by atoms with E-state index in [1.54, 1.807) is 0 Å². The van der Waals surface area contributed by atoms with Crippen LogP contribution in [-0.2, 0) is 16.1 Å². The maximum absolute atomic E-state index is 6.32. The van der Waals surface area contributed by atoms with Crippen LogP contribution >= 0.6 is 0 Å². The molecular weight excluding hydrogens is 362 g/mol. The first-order chi connectivity index (χ1) is 14.2. The Hall–Kier alpha value is -1.88. The Bertz CT molecular complexity index is 792. The lowest BCUT2D eigenvalue weighted by Crippen LogP contribution is -2.22. The van der Waals surface area contributed by atoms with Crippen LogP contribution in [0.15, 0.2) is 42.5 Å². The van der Waals surface area contributed by atoms with Crippen molar-refractivity contribution in [2.75, 3.05) is 19.7 Å². The van der Waals surface area contributed by atoms with Crippen molar-refractivity contribution >= 4 is 0 Å². The monoisotopic (exact) mass is 395 g/mol. The molecule has 4 rings (SSSR count). The van der Waals surface area contributed by atoms with Crippen molar-refractivity contribution in [2.45, 2.75) is 64.3 Å². The van der Waals surface area contributed by atoms with Gasteiger partial charge in [-0.2, -0.15) is 0 Å². The van der Waals surface area contributed by atoms with E-state index in [0.29, 0.717) is 18.4 Å². The zero-order valence-corrected chi connectivity index (χ0v) is 17.7. The van der Waals surface area contributed by atoms with Gasteiger partial charge in [0.2, 0.25) is 0 Å². The van der Waals surface area contributed by atoms with Gasteiger partial charge in [0.15, 0.2) is 6.29 Å². The van der Waals surface area contributed by atoms with Gasteiger partial charge < -0.3 is 19.5 Å². The highest BCUT2D eigenvalue weighted by Gasteiger charge is 2.22. The lowest BCUT2D eigenvalue weighted by Gasteiger charge is -2.24. The minimum Gasteiger partial charge on any atom is -0.457 e. The second-order valence-electron chi connectivity index (χ2n) is 8.45. The van der Waals surface area contributed by atoms with Gasteiger partial charge in [-0.25, -0.2) is 0 Å². The summed E-state index contributed by atoms with van der Waals surface area (Å²) in [7, 11) is 0. The van der Waals surface area contributed by atoms with Crippen molar-refractivity contribution in [3.8, 4) is 11.5 Å². The summed E-state index contributed by atoms with van der Waals surface area (Å²) >= 11 is 0. The summed E-state index contributed by atoms with van der Waals surface area (Å²) in [6.07, 6.45) is 4.39. The normalized spacial score (nSPS) is 22.2. The fourth-order valence-electron chi connectivity index (χ4n) is 4.29. The molecule has 2 aliphatic rings. The van der Waals surface area contributed by atoms with Crippen LogP contribution in [0.25, 0.3) is 0 Å². The zero-order chi connectivity index (χ0) is 20.1. The molecule has 2 heterocycles.